The van der Waals surface area contributed by atoms with Gasteiger partial charge in [0.2, 0.25) is 29.5 Å². The number of aromatic hydroxyl groups is 1. The fourth-order valence-electron chi connectivity index (χ4n) is 9.33. The summed E-state index contributed by atoms with van der Waals surface area (Å²) in [5, 5.41) is 25.0. The Hall–Kier alpha value is -7.84. The molecule has 1 fully saturated rings. The number of likely N-dealkylation sites (N-methyl/N-ethyl adjacent to an activating group) is 1. The summed E-state index contributed by atoms with van der Waals surface area (Å²) in [6.07, 6.45) is 3.18. The Morgan fingerprint density at radius 2 is 1.52 bits per heavy atom. The third kappa shape index (κ3) is 16.6. The van der Waals surface area contributed by atoms with E-state index < -0.39 is 83.8 Å². The Labute approximate surface area is 462 Å². The normalized spacial score (nSPS) is 17.5. The highest BCUT2D eigenvalue weighted by Gasteiger charge is 2.37. The molecule has 20 nitrogen and oxygen atoms in total. The molecule has 6 rings (SSSR count). The van der Waals surface area contributed by atoms with Gasteiger partial charge in [-0.3, -0.25) is 33.6 Å². The fraction of sp³-hybridized carbons (Fsp3) is 0.458. The van der Waals surface area contributed by atoms with Crippen molar-refractivity contribution in [1.82, 2.24) is 36.4 Å². The molecule has 0 aromatic heterocycles. The molecular weight excluding hydrogens is 1010 g/mol. The second-order valence-electron chi connectivity index (χ2n) is 20.9. The van der Waals surface area contributed by atoms with Crippen molar-refractivity contribution in [2.75, 3.05) is 39.8 Å². The molecule has 2 aliphatic heterocycles. The molecule has 10 N–H and O–H groups in total. The number of nitrogens with one attached hydrogen (secondary N) is 5. The SMILES string of the molecule is CCCCc1ccc(-c2ccc(C(=O)NC[C@@H](C)C(=O)N[C@@H](CCCCN)C(=O)N(C)C3C(=O)N[C@@H](C)C(=O)N[C@H](C(=O)N[C@@H](N)C(=O)N4CCCC4)Cc4ccc(O)c(c4)-c4cc3ccc4OC(=O)OCC(C)C)cc2)cc1. The van der Waals surface area contributed by atoms with Gasteiger partial charge >= 0.3 is 6.16 Å². The summed E-state index contributed by atoms with van der Waals surface area (Å²) in [6.45, 7) is 10.1. The molecule has 0 aliphatic carbocycles. The third-order valence-corrected chi connectivity index (χ3v) is 14.0. The number of aryl methyl sites for hydroxylation is 1. The second kappa shape index (κ2) is 28.7. The van der Waals surface area contributed by atoms with E-state index in [1.165, 1.54) is 55.9 Å². The van der Waals surface area contributed by atoms with Gasteiger partial charge in [-0.1, -0.05) is 82.6 Å². The molecule has 79 heavy (non-hydrogen) atoms. The lowest BCUT2D eigenvalue weighted by molar-refractivity contribution is -0.143. The Kier molecular flexibility index (Phi) is 21.9. The molecule has 2 aliphatic rings. The van der Waals surface area contributed by atoms with Crippen LogP contribution in [0, 0.1) is 11.8 Å². The minimum Gasteiger partial charge on any atom is -0.507 e. The van der Waals surface area contributed by atoms with Crippen molar-refractivity contribution in [2.24, 2.45) is 23.3 Å². The van der Waals surface area contributed by atoms with Gasteiger partial charge in [-0.05, 0) is 129 Å². The quantitative estimate of drug-likeness (QED) is 0.0237. The van der Waals surface area contributed by atoms with Gasteiger partial charge in [0.05, 0.1) is 12.5 Å². The Morgan fingerprint density at radius 3 is 2.18 bits per heavy atom. The number of phenolic OH excluding ortho intramolecular Hbond substituents is 1. The van der Waals surface area contributed by atoms with Crippen LogP contribution in [0.4, 0.5) is 4.79 Å². The molecule has 4 bridgehead atoms. The lowest BCUT2D eigenvalue weighted by Crippen LogP contribution is -2.59. The van der Waals surface area contributed by atoms with Gasteiger partial charge in [0, 0.05) is 49.8 Å². The maximum absolute atomic E-state index is 14.9. The van der Waals surface area contributed by atoms with Crippen LogP contribution in [0.25, 0.3) is 22.3 Å². The molecule has 6 atom stereocenters. The summed E-state index contributed by atoms with van der Waals surface area (Å²) >= 11 is 0. The van der Waals surface area contributed by atoms with E-state index in [2.05, 4.69) is 57.8 Å². The minimum absolute atomic E-state index is 0.0308. The Balaban J connectivity index is 1.27. The van der Waals surface area contributed by atoms with Crippen molar-refractivity contribution in [2.45, 2.75) is 123 Å². The molecule has 2 heterocycles. The van der Waals surface area contributed by atoms with Gasteiger partial charge in [0.1, 0.15) is 35.7 Å². The average Bonchev–Trinajstić information content (AvgIpc) is 4.03. The molecule has 424 valence electrons. The minimum atomic E-state index is -1.55. The van der Waals surface area contributed by atoms with Crippen LogP contribution in [0.1, 0.15) is 113 Å². The standard InChI is InChI=1S/C59H77N9O11/c1-7-8-13-38-15-18-40(19-16-38)41-20-22-42(23-21-41)54(72)62-33-36(4)52(70)64-46(14-9-10-27-60)57(75)67(6)50-43-24-26-49(79-59(77)78-34-35(2)3)45(32-43)44-30-39(17-25-48(44)69)31-47(65-53(71)37(5)63-56(50)74)55(73)66-51(61)58(76)68-28-11-12-29-68/h15-26,30,32,35-37,46-47,50-51,69H,7-14,27-29,31,33-34,60-61H2,1-6H3,(H,62,72)(H,63,74)(H,64,70)(H,65,71)(H,66,73)/t36-,37+,46+,47+,50?,51-/m1/s1. The molecular formula is C59H77N9O11. The van der Waals surface area contributed by atoms with Crippen molar-refractivity contribution in [3.05, 3.63) is 107 Å². The summed E-state index contributed by atoms with van der Waals surface area (Å²) < 4.78 is 11.0. The van der Waals surface area contributed by atoms with Crippen molar-refractivity contribution < 1.29 is 52.9 Å². The van der Waals surface area contributed by atoms with Gasteiger partial charge in [-0.2, -0.15) is 0 Å². The van der Waals surface area contributed by atoms with Crippen LogP contribution in [0.15, 0.2) is 84.9 Å². The zero-order valence-corrected chi connectivity index (χ0v) is 46.1. The number of likely N-dealkylation sites (tertiary alicyclic amines) is 1. The van der Waals surface area contributed by atoms with Crippen LogP contribution in [0.5, 0.6) is 11.5 Å². The lowest BCUT2D eigenvalue weighted by atomic mass is 9.93. The number of amides is 7. The monoisotopic (exact) mass is 1090 g/mol. The van der Waals surface area contributed by atoms with Gasteiger partial charge in [-0.25, -0.2) is 4.79 Å². The number of hydrogen-bond acceptors (Lipinski definition) is 13. The highest BCUT2D eigenvalue weighted by atomic mass is 16.7. The first-order valence-corrected chi connectivity index (χ1v) is 27.3. The fourth-order valence-corrected chi connectivity index (χ4v) is 9.33. The second-order valence-corrected chi connectivity index (χ2v) is 20.9. The van der Waals surface area contributed by atoms with E-state index in [0.717, 1.165) is 48.1 Å². The van der Waals surface area contributed by atoms with E-state index in [9.17, 15) is 43.5 Å². The molecule has 0 saturated carbocycles. The van der Waals surface area contributed by atoms with E-state index in [0.29, 0.717) is 43.6 Å². The molecule has 1 saturated heterocycles. The van der Waals surface area contributed by atoms with Gasteiger partial charge in [-0.15, -0.1) is 0 Å². The number of benzene rings is 4. The summed E-state index contributed by atoms with van der Waals surface area (Å²) in [5.74, 6) is -5.86. The molecule has 1 unspecified atom stereocenters. The zero-order chi connectivity index (χ0) is 57.3. The van der Waals surface area contributed by atoms with Gasteiger partial charge in [0.25, 0.3) is 11.8 Å². The largest absolute Gasteiger partial charge is 0.513 e. The van der Waals surface area contributed by atoms with E-state index in [-0.39, 0.29) is 60.1 Å². The topological polar surface area (TPSA) is 294 Å². The number of ether oxygens (including phenoxy) is 2. The number of rotatable bonds is 21. The highest BCUT2D eigenvalue weighted by Crippen LogP contribution is 2.40. The molecule has 4 aromatic carbocycles. The first-order chi connectivity index (χ1) is 37.8. The van der Waals surface area contributed by atoms with Crippen LogP contribution >= 0.6 is 0 Å². The van der Waals surface area contributed by atoms with Crippen molar-refractivity contribution in [1.29, 1.82) is 0 Å². The van der Waals surface area contributed by atoms with Crippen LogP contribution in [-0.4, -0.2) is 127 Å². The van der Waals surface area contributed by atoms with Crippen molar-refractivity contribution >= 4 is 47.5 Å². The van der Waals surface area contributed by atoms with Gasteiger partial charge < -0.3 is 62.4 Å². The molecule has 20 heteroatoms. The predicted molar refractivity (Wildman–Crippen MR) is 298 cm³/mol. The number of nitrogens with two attached hydrogens (primary N) is 2. The maximum atomic E-state index is 14.9. The number of carbonyl (C=O) groups excluding carboxylic acids is 8. The summed E-state index contributed by atoms with van der Waals surface area (Å²) in [7, 11) is 1.36. The first-order valence-electron chi connectivity index (χ1n) is 27.3. The average molecular weight is 1090 g/mol. The van der Waals surface area contributed by atoms with E-state index in [4.69, 9.17) is 20.9 Å². The summed E-state index contributed by atoms with van der Waals surface area (Å²) in [6, 6.07) is 18.7. The van der Waals surface area contributed by atoms with Crippen LogP contribution in [-0.2, 0) is 46.3 Å². The third-order valence-electron chi connectivity index (χ3n) is 14.0. The predicted octanol–water partition coefficient (Wildman–Crippen LogP) is 4.99. The van der Waals surface area contributed by atoms with Crippen LogP contribution < -0.4 is 42.8 Å². The summed E-state index contributed by atoms with van der Waals surface area (Å²) in [5.41, 5.74) is 16.4. The number of fused-ring (bicyclic) bond motifs is 5. The maximum Gasteiger partial charge on any atom is 0.513 e. The van der Waals surface area contributed by atoms with Crippen molar-refractivity contribution in [3.63, 3.8) is 0 Å². The molecule has 0 radical (unpaired) electrons. The lowest BCUT2D eigenvalue weighted by Gasteiger charge is -2.33. The Morgan fingerprint density at radius 1 is 0.835 bits per heavy atom. The molecule has 0 spiro atoms. The highest BCUT2D eigenvalue weighted by molar-refractivity contribution is 5.98. The Bertz CT molecular complexity index is 2800. The van der Waals surface area contributed by atoms with E-state index in [1.54, 1.807) is 24.0 Å². The first kappa shape index (κ1) is 60.4. The number of phenols is 1. The molecule has 7 amide bonds. The van der Waals surface area contributed by atoms with Crippen LogP contribution in [0.3, 0.4) is 0 Å². The number of hydrogen-bond donors (Lipinski definition) is 8. The number of nitrogens with zero attached hydrogens (tertiary/aromatic N) is 2. The number of unbranched alkanes of at least 4 members (excludes halogenated alkanes) is 2. The van der Waals surface area contributed by atoms with E-state index in [1.807, 2.05) is 26.0 Å². The number of carbonyl (C=O) groups is 8. The van der Waals surface area contributed by atoms with E-state index >= 15 is 0 Å². The van der Waals surface area contributed by atoms with Crippen LogP contribution in [0.2, 0.25) is 0 Å². The summed E-state index contributed by atoms with van der Waals surface area (Å²) in [4.78, 5) is 114. The van der Waals surface area contributed by atoms with Crippen molar-refractivity contribution in [3.8, 4) is 33.8 Å². The van der Waals surface area contributed by atoms with Gasteiger partial charge in [0.15, 0.2) is 6.17 Å². The smallest absolute Gasteiger partial charge is 0.507 e. The molecule has 4 aromatic rings. The zero-order valence-electron chi connectivity index (χ0n) is 46.1.